The fourth-order valence-corrected chi connectivity index (χ4v) is 1.29. The van der Waals surface area contributed by atoms with Crippen LogP contribution < -0.4 is 4.74 Å². The first-order chi connectivity index (χ1) is 7.77. The van der Waals surface area contributed by atoms with Gasteiger partial charge in [0.05, 0.1) is 11.8 Å². The number of pyridine rings is 1. The van der Waals surface area contributed by atoms with E-state index in [4.69, 9.17) is 4.74 Å². The summed E-state index contributed by atoms with van der Waals surface area (Å²) in [4.78, 5) is 15.6. The molecule has 0 unspecified atom stereocenters. The number of hydrogen-bond acceptors (Lipinski definition) is 3. The lowest BCUT2D eigenvalue weighted by molar-refractivity contribution is 0.0733. The highest BCUT2D eigenvalue weighted by molar-refractivity contribution is 5.91. The number of rotatable bonds is 2. The predicted octanol–water partition coefficient (Wildman–Crippen LogP) is 2.61. The van der Waals surface area contributed by atoms with E-state index in [0.717, 1.165) is 5.56 Å². The molecule has 2 rings (SSSR count). The zero-order valence-corrected chi connectivity index (χ0v) is 8.88. The number of nitrogens with zero attached hydrogens (tertiary/aromatic N) is 1. The summed E-state index contributed by atoms with van der Waals surface area (Å²) in [6.07, 6.45) is 3.20. The normalized spacial score (nSPS) is 9.81. The van der Waals surface area contributed by atoms with Gasteiger partial charge in [-0.15, -0.1) is 0 Å². The molecule has 0 spiro atoms. The average Bonchev–Trinajstić information content (AvgIpc) is 2.33. The summed E-state index contributed by atoms with van der Waals surface area (Å²) < 4.78 is 5.23. The Morgan fingerprint density at radius 3 is 2.62 bits per heavy atom. The monoisotopic (exact) mass is 213 g/mol. The van der Waals surface area contributed by atoms with Gasteiger partial charge in [0.1, 0.15) is 0 Å². The smallest absolute Gasteiger partial charge is 0.343 e. The zero-order chi connectivity index (χ0) is 11.4. The van der Waals surface area contributed by atoms with E-state index < -0.39 is 0 Å². The number of benzene rings is 1. The summed E-state index contributed by atoms with van der Waals surface area (Å²) in [7, 11) is 0. The first-order valence-corrected chi connectivity index (χ1v) is 4.95. The number of aromatic nitrogens is 1. The second-order valence-corrected chi connectivity index (χ2v) is 3.40. The molecule has 0 saturated carbocycles. The molecule has 0 atom stereocenters. The van der Waals surface area contributed by atoms with Crippen LogP contribution >= 0.6 is 0 Å². The molecule has 1 aromatic heterocycles. The van der Waals surface area contributed by atoms with Crippen LogP contribution in [0.5, 0.6) is 5.75 Å². The molecule has 16 heavy (non-hydrogen) atoms. The summed E-state index contributed by atoms with van der Waals surface area (Å²) in [6.45, 7) is 1.87. The Labute approximate surface area is 93.7 Å². The van der Waals surface area contributed by atoms with Gasteiger partial charge in [0.15, 0.2) is 5.75 Å². The van der Waals surface area contributed by atoms with Crippen molar-refractivity contribution in [3.8, 4) is 5.75 Å². The van der Waals surface area contributed by atoms with E-state index in [2.05, 4.69) is 4.98 Å². The van der Waals surface area contributed by atoms with E-state index in [0.29, 0.717) is 11.3 Å². The van der Waals surface area contributed by atoms with Crippen molar-refractivity contribution in [2.24, 2.45) is 0 Å². The molecule has 0 aliphatic carbocycles. The number of carbonyl (C=O) groups excluding carboxylic acids is 1. The lowest BCUT2D eigenvalue weighted by Gasteiger charge is -2.05. The largest absolute Gasteiger partial charge is 0.421 e. The summed E-state index contributed by atoms with van der Waals surface area (Å²) in [5.41, 5.74) is 1.42. The minimum Gasteiger partial charge on any atom is -0.421 e. The second kappa shape index (κ2) is 4.57. The molecule has 3 nitrogen and oxygen atoms in total. The molecule has 1 heterocycles. The number of ether oxygens (including phenoxy) is 1. The molecule has 0 amide bonds. The Morgan fingerprint density at radius 1 is 1.19 bits per heavy atom. The lowest BCUT2D eigenvalue weighted by atomic mass is 10.2. The summed E-state index contributed by atoms with van der Waals surface area (Å²) >= 11 is 0. The van der Waals surface area contributed by atoms with Gasteiger partial charge in [0.25, 0.3) is 0 Å². The van der Waals surface area contributed by atoms with Crippen molar-refractivity contribution in [2.45, 2.75) is 6.92 Å². The maximum absolute atomic E-state index is 11.7. The summed E-state index contributed by atoms with van der Waals surface area (Å²) in [6, 6.07) is 10.7. The van der Waals surface area contributed by atoms with Gasteiger partial charge in [-0.05, 0) is 30.7 Å². The Hall–Kier alpha value is -2.16. The lowest BCUT2D eigenvalue weighted by Crippen LogP contribution is -2.09. The average molecular weight is 213 g/mol. The zero-order valence-electron chi connectivity index (χ0n) is 8.88. The highest BCUT2D eigenvalue weighted by atomic mass is 16.5. The molecule has 2 aromatic rings. The second-order valence-electron chi connectivity index (χ2n) is 3.40. The first kappa shape index (κ1) is 10.4. The van der Waals surface area contributed by atoms with Gasteiger partial charge < -0.3 is 4.74 Å². The van der Waals surface area contributed by atoms with Gasteiger partial charge in [-0.25, -0.2) is 4.79 Å². The van der Waals surface area contributed by atoms with Crippen molar-refractivity contribution < 1.29 is 9.53 Å². The topological polar surface area (TPSA) is 39.2 Å². The Bertz CT molecular complexity index is 494. The minimum absolute atomic E-state index is 0.364. The molecule has 0 fully saturated rings. The standard InChI is InChI=1S/C13H11NO2/c1-10-7-8-14-9-12(10)16-13(15)11-5-3-2-4-6-11/h2-9H,1H3. The maximum atomic E-state index is 11.7. The highest BCUT2D eigenvalue weighted by Gasteiger charge is 2.08. The molecule has 0 aliphatic heterocycles. The molecular formula is C13H11NO2. The SMILES string of the molecule is Cc1ccncc1OC(=O)c1ccccc1. The van der Waals surface area contributed by atoms with Crippen LogP contribution in [0.2, 0.25) is 0 Å². The van der Waals surface area contributed by atoms with Crippen LogP contribution in [0.3, 0.4) is 0 Å². The molecule has 1 aromatic carbocycles. The molecule has 80 valence electrons. The number of aryl methyl sites for hydroxylation is 1. The van der Waals surface area contributed by atoms with Crippen molar-refractivity contribution in [3.63, 3.8) is 0 Å². The van der Waals surface area contributed by atoms with E-state index in [1.165, 1.54) is 6.20 Å². The molecule has 3 heteroatoms. The van der Waals surface area contributed by atoms with Crippen molar-refractivity contribution in [3.05, 3.63) is 59.9 Å². The third kappa shape index (κ3) is 2.25. The molecule has 0 radical (unpaired) electrons. The van der Waals surface area contributed by atoms with Crippen molar-refractivity contribution in [2.75, 3.05) is 0 Å². The third-order valence-electron chi connectivity index (χ3n) is 2.20. The van der Waals surface area contributed by atoms with Gasteiger partial charge in [0, 0.05) is 6.20 Å². The van der Waals surface area contributed by atoms with E-state index in [-0.39, 0.29) is 5.97 Å². The highest BCUT2D eigenvalue weighted by Crippen LogP contribution is 2.16. The van der Waals surface area contributed by atoms with Gasteiger partial charge in [-0.3, -0.25) is 4.98 Å². The van der Waals surface area contributed by atoms with Crippen molar-refractivity contribution >= 4 is 5.97 Å². The van der Waals surface area contributed by atoms with Crippen molar-refractivity contribution in [1.82, 2.24) is 4.98 Å². The predicted molar refractivity (Wildman–Crippen MR) is 60.4 cm³/mol. The molecule has 0 N–H and O–H groups in total. The van der Waals surface area contributed by atoms with Crippen LogP contribution in [0.4, 0.5) is 0 Å². The van der Waals surface area contributed by atoms with Crippen LogP contribution in [0, 0.1) is 6.92 Å². The quantitative estimate of drug-likeness (QED) is 0.720. The van der Waals surface area contributed by atoms with E-state index in [1.54, 1.807) is 36.5 Å². The van der Waals surface area contributed by atoms with Crippen LogP contribution in [0.1, 0.15) is 15.9 Å². The summed E-state index contributed by atoms with van der Waals surface area (Å²) in [5, 5.41) is 0. The maximum Gasteiger partial charge on any atom is 0.343 e. The van der Waals surface area contributed by atoms with Gasteiger partial charge in [-0.2, -0.15) is 0 Å². The first-order valence-electron chi connectivity index (χ1n) is 4.95. The molecular weight excluding hydrogens is 202 g/mol. The van der Waals surface area contributed by atoms with Gasteiger partial charge in [-0.1, -0.05) is 18.2 Å². The van der Waals surface area contributed by atoms with Gasteiger partial charge in [0.2, 0.25) is 0 Å². The van der Waals surface area contributed by atoms with Crippen LogP contribution in [0.25, 0.3) is 0 Å². The Kier molecular flexibility index (Phi) is 2.96. The fraction of sp³-hybridized carbons (Fsp3) is 0.0769. The molecule has 0 aliphatic rings. The number of esters is 1. The summed E-state index contributed by atoms with van der Waals surface area (Å²) in [5.74, 6) is 0.132. The van der Waals surface area contributed by atoms with Gasteiger partial charge >= 0.3 is 5.97 Å². The number of hydrogen-bond donors (Lipinski definition) is 0. The van der Waals surface area contributed by atoms with Crippen LogP contribution in [0.15, 0.2) is 48.8 Å². The Balaban J connectivity index is 2.18. The van der Waals surface area contributed by atoms with E-state index in [1.807, 2.05) is 13.0 Å². The molecule has 0 saturated heterocycles. The third-order valence-corrected chi connectivity index (χ3v) is 2.20. The number of carbonyl (C=O) groups is 1. The fourth-order valence-electron chi connectivity index (χ4n) is 1.29. The van der Waals surface area contributed by atoms with Crippen LogP contribution in [-0.4, -0.2) is 11.0 Å². The molecule has 0 bridgehead atoms. The Morgan fingerprint density at radius 2 is 1.94 bits per heavy atom. The van der Waals surface area contributed by atoms with E-state index >= 15 is 0 Å². The van der Waals surface area contributed by atoms with Crippen molar-refractivity contribution in [1.29, 1.82) is 0 Å². The minimum atomic E-state index is -0.364. The van der Waals surface area contributed by atoms with E-state index in [9.17, 15) is 4.79 Å². The van der Waals surface area contributed by atoms with Crippen LogP contribution in [-0.2, 0) is 0 Å².